The average Bonchev–Trinajstić information content (AvgIpc) is 2.67. The molecule has 1 amide bonds. The summed E-state index contributed by atoms with van der Waals surface area (Å²) in [6.07, 6.45) is 1.73. The summed E-state index contributed by atoms with van der Waals surface area (Å²) in [5, 5.41) is 8.99. The Morgan fingerprint density at radius 3 is 2.04 bits per heavy atom. The summed E-state index contributed by atoms with van der Waals surface area (Å²) >= 11 is 0. The Morgan fingerprint density at radius 2 is 1.54 bits per heavy atom. The van der Waals surface area contributed by atoms with E-state index >= 15 is 0 Å². The lowest BCUT2D eigenvalue weighted by atomic mass is 9.94. The third-order valence-electron chi connectivity index (χ3n) is 5.68. The fourth-order valence-corrected chi connectivity index (χ4v) is 3.92. The molecule has 0 bridgehead atoms. The first-order valence-electron chi connectivity index (χ1n) is 9.57. The van der Waals surface area contributed by atoms with Gasteiger partial charge in [-0.05, 0) is 51.0 Å². The highest BCUT2D eigenvalue weighted by molar-refractivity contribution is 5.88. The Bertz CT molecular complexity index is 628. The van der Waals surface area contributed by atoms with Gasteiger partial charge in [0, 0.05) is 56.9 Å². The van der Waals surface area contributed by atoms with Crippen LogP contribution in [0.2, 0.25) is 0 Å². The molecule has 6 nitrogen and oxygen atoms in total. The molecule has 1 N–H and O–H groups in total. The van der Waals surface area contributed by atoms with E-state index in [1.54, 1.807) is 12.1 Å². The van der Waals surface area contributed by atoms with Crippen LogP contribution in [0.25, 0.3) is 0 Å². The number of carbonyl (C=O) groups excluding carboxylic acids is 1. The molecule has 6 heteroatoms. The SMILES string of the molecule is CC(C)N1CCN(C(=O)C2CCN(c3ccc(C(=O)O)cc3)CC2)CC1. The second-order valence-electron chi connectivity index (χ2n) is 7.57. The maximum Gasteiger partial charge on any atom is 0.335 e. The summed E-state index contributed by atoms with van der Waals surface area (Å²) in [5.74, 6) is -0.470. The van der Waals surface area contributed by atoms with E-state index in [-0.39, 0.29) is 5.92 Å². The van der Waals surface area contributed by atoms with E-state index in [0.29, 0.717) is 17.5 Å². The van der Waals surface area contributed by atoms with Gasteiger partial charge in [0.1, 0.15) is 0 Å². The summed E-state index contributed by atoms with van der Waals surface area (Å²) in [6.45, 7) is 9.72. The van der Waals surface area contributed by atoms with E-state index in [1.807, 2.05) is 17.0 Å². The van der Waals surface area contributed by atoms with E-state index < -0.39 is 5.97 Å². The second-order valence-corrected chi connectivity index (χ2v) is 7.57. The zero-order valence-corrected chi connectivity index (χ0v) is 15.7. The standard InChI is InChI=1S/C20H29N3O3/c1-15(2)21-11-13-23(14-12-21)19(24)16-7-9-22(10-8-16)18-5-3-17(4-6-18)20(25)26/h3-6,15-16H,7-14H2,1-2H3,(H,25,26). The van der Waals surface area contributed by atoms with E-state index in [4.69, 9.17) is 5.11 Å². The minimum absolute atomic E-state index is 0.121. The highest BCUT2D eigenvalue weighted by Gasteiger charge is 2.30. The number of anilines is 1. The molecule has 2 fully saturated rings. The van der Waals surface area contributed by atoms with Gasteiger partial charge in [-0.1, -0.05) is 0 Å². The van der Waals surface area contributed by atoms with Gasteiger partial charge in [-0.3, -0.25) is 9.69 Å². The first-order chi connectivity index (χ1) is 12.5. The quantitative estimate of drug-likeness (QED) is 0.892. The first kappa shape index (κ1) is 18.7. The largest absolute Gasteiger partial charge is 0.478 e. The summed E-state index contributed by atoms with van der Waals surface area (Å²) in [6, 6.07) is 7.54. The zero-order valence-electron chi connectivity index (χ0n) is 15.7. The van der Waals surface area contributed by atoms with Gasteiger partial charge in [0.25, 0.3) is 0 Å². The van der Waals surface area contributed by atoms with Crippen molar-refractivity contribution in [3.63, 3.8) is 0 Å². The molecule has 0 aromatic heterocycles. The lowest BCUT2D eigenvalue weighted by Crippen LogP contribution is -2.53. The summed E-state index contributed by atoms with van der Waals surface area (Å²) in [5.41, 5.74) is 1.34. The van der Waals surface area contributed by atoms with Gasteiger partial charge in [0.05, 0.1) is 5.56 Å². The number of rotatable bonds is 4. The van der Waals surface area contributed by atoms with E-state index in [9.17, 15) is 9.59 Å². The number of benzene rings is 1. The zero-order chi connectivity index (χ0) is 18.7. The van der Waals surface area contributed by atoms with Crippen LogP contribution in [-0.4, -0.2) is 72.1 Å². The molecule has 1 aromatic carbocycles. The molecule has 0 spiro atoms. The van der Waals surface area contributed by atoms with Crippen LogP contribution in [0.3, 0.4) is 0 Å². The number of carboxylic acids is 1. The Labute approximate surface area is 155 Å². The molecule has 3 rings (SSSR count). The molecule has 2 heterocycles. The average molecular weight is 359 g/mol. The van der Waals surface area contributed by atoms with E-state index in [1.165, 1.54) is 0 Å². The number of piperazine rings is 1. The van der Waals surface area contributed by atoms with E-state index in [0.717, 1.165) is 57.8 Å². The van der Waals surface area contributed by atoms with Crippen LogP contribution in [0.1, 0.15) is 37.0 Å². The smallest absolute Gasteiger partial charge is 0.335 e. The summed E-state index contributed by atoms with van der Waals surface area (Å²) in [4.78, 5) is 30.5. The summed E-state index contributed by atoms with van der Waals surface area (Å²) in [7, 11) is 0. The molecule has 0 atom stereocenters. The Morgan fingerprint density at radius 1 is 0.962 bits per heavy atom. The normalized spacial score (nSPS) is 19.8. The number of amides is 1. The van der Waals surface area contributed by atoms with Crippen molar-refractivity contribution in [3.05, 3.63) is 29.8 Å². The number of aromatic carboxylic acids is 1. The number of nitrogens with zero attached hydrogens (tertiary/aromatic N) is 3. The van der Waals surface area contributed by atoms with Crippen molar-refractivity contribution in [3.8, 4) is 0 Å². The fraction of sp³-hybridized carbons (Fsp3) is 0.600. The molecule has 0 radical (unpaired) electrons. The van der Waals surface area contributed by atoms with Crippen LogP contribution >= 0.6 is 0 Å². The number of piperidine rings is 1. The van der Waals surface area contributed by atoms with Crippen molar-refractivity contribution in [2.24, 2.45) is 5.92 Å². The van der Waals surface area contributed by atoms with Gasteiger partial charge >= 0.3 is 5.97 Å². The van der Waals surface area contributed by atoms with Gasteiger partial charge in [0.15, 0.2) is 0 Å². The van der Waals surface area contributed by atoms with Gasteiger partial charge < -0.3 is 14.9 Å². The van der Waals surface area contributed by atoms with Crippen molar-refractivity contribution in [1.82, 2.24) is 9.80 Å². The van der Waals surface area contributed by atoms with Crippen molar-refractivity contribution in [1.29, 1.82) is 0 Å². The molecule has 2 aliphatic heterocycles. The highest BCUT2D eigenvalue weighted by atomic mass is 16.4. The van der Waals surface area contributed by atoms with Crippen LogP contribution in [0.4, 0.5) is 5.69 Å². The second kappa shape index (κ2) is 8.08. The predicted molar refractivity (Wildman–Crippen MR) is 102 cm³/mol. The predicted octanol–water partition coefficient (Wildman–Crippen LogP) is 2.15. The minimum Gasteiger partial charge on any atom is -0.478 e. The Hall–Kier alpha value is -2.08. The van der Waals surface area contributed by atoms with Gasteiger partial charge in [0.2, 0.25) is 5.91 Å². The molecule has 0 aliphatic carbocycles. The monoisotopic (exact) mass is 359 g/mol. The van der Waals surface area contributed by atoms with Gasteiger partial charge in [-0.2, -0.15) is 0 Å². The molecule has 0 saturated carbocycles. The summed E-state index contributed by atoms with van der Waals surface area (Å²) < 4.78 is 0. The Kier molecular flexibility index (Phi) is 5.81. The minimum atomic E-state index is -0.904. The van der Waals surface area contributed by atoms with Crippen LogP contribution in [0, 0.1) is 5.92 Å². The third kappa shape index (κ3) is 4.18. The first-order valence-corrected chi connectivity index (χ1v) is 9.57. The maximum absolute atomic E-state index is 12.8. The van der Waals surface area contributed by atoms with Crippen molar-refractivity contribution >= 4 is 17.6 Å². The Balaban J connectivity index is 1.50. The number of carboxylic acid groups (broad SMARTS) is 1. The molecular formula is C20H29N3O3. The number of hydrogen-bond donors (Lipinski definition) is 1. The molecule has 2 saturated heterocycles. The van der Waals surface area contributed by atoms with E-state index in [2.05, 4.69) is 23.6 Å². The lowest BCUT2D eigenvalue weighted by Gasteiger charge is -2.40. The molecule has 26 heavy (non-hydrogen) atoms. The molecular weight excluding hydrogens is 330 g/mol. The van der Waals surface area contributed by atoms with Crippen molar-refractivity contribution in [2.75, 3.05) is 44.2 Å². The molecule has 2 aliphatic rings. The number of carbonyl (C=O) groups is 2. The lowest BCUT2D eigenvalue weighted by molar-refractivity contribution is -0.138. The molecule has 1 aromatic rings. The fourth-order valence-electron chi connectivity index (χ4n) is 3.92. The topological polar surface area (TPSA) is 64.1 Å². The maximum atomic E-state index is 12.8. The van der Waals surface area contributed by atoms with Crippen molar-refractivity contribution < 1.29 is 14.7 Å². The van der Waals surface area contributed by atoms with Gasteiger partial charge in [-0.25, -0.2) is 4.79 Å². The van der Waals surface area contributed by atoms with Gasteiger partial charge in [-0.15, -0.1) is 0 Å². The molecule has 142 valence electrons. The van der Waals surface area contributed by atoms with Crippen LogP contribution in [-0.2, 0) is 4.79 Å². The highest BCUT2D eigenvalue weighted by Crippen LogP contribution is 2.25. The van der Waals surface area contributed by atoms with Crippen LogP contribution in [0.15, 0.2) is 24.3 Å². The molecule has 0 unspecified atom stereocenters. The third-order valence-corrected chi connectivity index (χ3v) is 5.68. The van der Waals surface area contributed by atoms with Crippen LogP contribution < -0.4 is 4.90 Å². The van der Waals surface area contributed by atoms with Crippen LogP contribution in [0.5, 0.6) is 0 Å². The van der Waals surface area contributed by atoms with Crippen molar-refractivity contribution in [2.45, 2.75) is 32.7 Å². The number of hydrogen-bond acceptors (Lipinski definition) is 4.